The van der Waals surface area contributed by atoms with Gasteiger partial charge in [-0.05, 0) is 6.26 Å². The van der Waals surface area contributed by atoms with Gasteiger partial charge in [-0.1, -0.05) is 11.8 Å². The van der Waals surface area contributed by atoms with Gasteiger partial charge < -0.3 is 24.7 Å². The zero-order valence-corrected chi connectivity index (χ0v) is 12.7. The summed E-state index contributed by atoms with van der Waals surface area (Å²) in [5.41, 5.74) is 1.24. The summed E-state index contributed by atoms with van der Waals surface area (Å²) in [7, 11) is 4.77. The molecule has 0 unspecified atom stereocenters. The Morgan fingerprint density at radius 2 is 1.75 bits per heavy atom. The van der Waals surface area contributed by atoms with E-state index in [4.69, 9.17) is 9.47 Å². The highest BCUT2D eigenvalue weighted by Gasteiger charge is 2.17. The summed E-state index contributed by atoms with van der Waals surface area (Å²) in [6.07, 6.45) is 0.810. The van der Waals surface area contributed by atoms with Gasteiger partial charge in [0.1, 0.15) is 18.9 Å². The van der Waals surface area contributed by atoms with E-state index in [0.717, 1.165) is 5.16 Å². The van der Waals surface area contributed by atoms with Crippen molar-refractivity contribution in [3.05, 3.63) is 11.4 Å². The SMILES string of the molecule is CNC(=O)OCc1nc(SC)n(C)c1COC(=O)NC. The average molecular weight is 302 g/mol. The maximum absolute atomic E-state index is 11.1. The van der Waals surface area contributed by atoms with Gasteiger partial charge in [0, 0.05) is 21.1 Å². The van der Waals surface area contributed by atoms with Crippen molar-refractivity contribution in [1.82, 2.24) is 20.2 Å². The fourth-order valence-corrected chi connectivity index (χ4v) is 2.04. The number of ether oxygens (including phenoxy) is 2. The number of hydrogen-bond donors (Lipinski definition) is 2. The summed E-state index contributed by atoms with van der Waals surface area (Å²) < 4.78 is 11.8. The average Bonchev–Trinajstić information content (AvgIpc) is 2.77. The number of nitrogens with one attached hydrogen (secondary N) is 2. The van der Waals surface area contributed by atoms with Gasteiger partial charge in [-0.2, -0.15) is 0 Å². The van der Waals surface area contributed by atoms with E-state index in [-0.39, 0.29) is 13.2 Å². The number of imidazole rings is 1. The maximum atomic E-state index is 11.1. The van der Waals surface area contributed by atoms with Crippen LogP contribution in [0.3, 0.4) is 0 Å². The van der Waals surface area contributed by atoms with Crippen molar-refractivity contribution in [1.29, 1.82) is 0 Å². The minimum atomic E-state index is -0.542. The van der Waals surface area contributed by atoms with E-state index in [9.17, 15) is 9.59 Å². The number of thioether (sulfide) groups is 1. The first-order chi connectivity index (χ1) is 9.53. The molecule has 20 heavy (non-hydrogen) atoms. The molecule has 8 nitrogen and oxygen atoms in total. The summed E-state index contributed by atoms with van der Waals surface area (Å²) >= 11 is 1.45. The number of amides is 2. The smallest absolute Gasteiger partial charge is 0.407 e. The number of rotatable bonds is 5. The predicted octanol–water partition coefficient (Wildman–Crippen LogP) is 0.854. The standard InChI is InChI=1S/C11H18N4O4S/c1-12-10(16)18-5-7-8(6-19-11(17)13-2)15(3)9(14-7)20-4/h5-6H2,1-4H3,(H,12,16)(H,13,17). The maximum Gasteiger partial charge on any atom is 0.407 e. The van der Waals surface area contributed by atoms with Crippen molar-refractivity contribution < 1.29 is 19.1 Å². The molecule has 112 valence electrons. The van der Waals surface area contributed by atoms with Crippen molar-refractivity contribution in [2.45, 2.75) is 18.4 Å². The van der Waals surface area contributed by atoms with Gasteiger partial charge in [0.15, 0.2) is 5.16 Å². The van der Waals surface area contributed by atoms with E-state index >= 15 is 0 Å². The third kappa shape index (κ3) is 4.05. The van der Waals surface area contributed by atoms with Gasteiger partial charge in [0.2, 0.25) is 0 Å². The molecule has 0 aromatic carbocycles. The lowest BCUT2D eigenvalue weighted by Crippen LogP contribution is -2.21. The van der Waals surface area contributed by atoms with Crippen LogP contribution >= 0.6 is 11.8 Å². The first-order valence-electron chi connectivity index (χ1n) is 5.80. The normalized spacial score (nSPS) is 10.0. The van der Waals surface area contributed by atoms with Gasteiger partial charge in [-0.15, -0.1) is 0 Å². The van der Waals surface area contributed by atoms with E-state index in [1.807, 2.05) is 13.3 Å². The van der Waals surface area contributed by atoms with E-state index < -0.39 is 12.2 Å². The van der Waals surface area contributed by atoms with Crippen LogP contribution in [0.2, 0.25) is 0 Å². The number of nitrogens with zero attached hydrogens (tertiary/aromatic N) is 2. The Kier molecular flexibility index (Phi) is 6.16. The molecule has 0 bridgehead atoms. The molecule has 0 fully saturated rings. The van der Waals surface area contributed by atoms with Crippen LogP contribution in [0.25, 0.3) is 0 Å². The molecule has 0 aliphatic heterocycles. The minimum absolute atomic E-state index is 0.0144. The molecular formula is C11H18N4O4S. The summed E-state index contributed by atoms with van der Waals surface area (Å²) in [4.78, 5) is 26.6. The van der Waals surface area contributed by atoms with E-state index in [1.165, 1.54) is 25.9 Å². The molecule has 0 aliphatic rings. The van der Waals surface area contributed by atoms with Crippen molar-refractivity contribution in [3.8, 4) is 0 Å². The third-order valence-electron chi connectivity index (χ3n) is 2.53. The summed E-state index contributed by atoms with van der Waals surface area (Å²) in [6.45, 7) is 0.0662. The Labute approximate surface area is 121 Å². The molecular weight excluding hydrogens is 284 g/mol. The molecule has 0 atom stereocenters. The zero-order chi connectivity index (χ0) is 15.1. The molecule has 0 spiro atoms. The number of alkyl carbamates (subject to hydrolysis) is 2. The molecule has 1 rings (SSSR count). The molecule has 2 N–H and O–H groups in total. The predicted molar refractivity (Wildman–Crippen MR) is 73.5 cm³/mol. The van der Waals surface area contributed by atoms with Crippen molar-refractivity contribution in [3.63, 3.8) is 0 Å². The second-order valence-corrected chi connectivity index (χ2v) is 4.48. The van der Waals surface area contributed by atoms with Crippen LogP contribution in [0.4, 0.5) is 9.59 Å². The Morgan fingerprint density at radius 1 is 1.20 bits per heavy atom. The largest absolute Gasteiger partial charge is 0.443 e. The fraction of sp³-hybridized carbons (Fsp3) is 0.545. The van der Waals surface area contributed by atoms with Crippen LogP contribution in [0, 0.1) is 0 Å². The number of carbonyl (C=O) groups is 2. The first-order valence-corrected chi connectivity index (χ1v) is 7.03. The first kappa shape index (κ1) is 16.2. The number of aromatic nitrogens is 2. The topological polar surface area (TPSA) is 94.5 Å². The van der Waals surface area contributed by atoms with E-state index in [2.05, 4.69) is 15.6 Å². The summed E-state index contributed by atoms with van der Waals surface area (Å²) in [6, 6.07) is 0. The highest BCUT2D eigenvalue weighted by atomic mass is 32.2. The monoisotopic (exact) mass is 302 g/mol. The lowest BCUT2D eigenvalue weighted by atomic mass is 10.3. The second-order valence-electron chi connectivity index (χ2n) is 3.70. The van der Waals surface area contributed by atoms with Crippen molar-refractivity contribution >= 4 is 23.9 Å². The molecule has 1 heterocycles. The van der Waals surface area contributed by atoms with Gasteiger partial charge in [0.25, 0.3) is 0 Å². The lowest BCUT2D eigenvalue weighted by Gasteiger charge is -2.08. The van der Waals surface area contributed by atoms with Gasteiger partial charge >= 0.3 is 12.2 Å². The van der Waals surface area contributed by atoms with Crippen LogP contribution < -0.4 is 10.6 Å². The fourth-order valence-electron chi connectivity index (χ4n) is 1.45. The number of carbonyl (C=O) groups excluding carboxylic acids is 2. The van der Waals surface area contributed by atoms with E-state index in [1.54, 1.807) is 4.57 Å². The Bertz CT molecular complexity index is 489. The molecule has 2 amide bonds. The van der Waals surface area contributed by atoms with Crippen LogP contribution in [0.15, 0.2) is 5.16 Å². The molecule has 0 saturated heterocycles. The number of hydrogen-bond acceptors (Lipinski definition) is 6. The second kappa shape index (κ2) is 7.63. The molecule has 1 aromatic heterocycles. The van der Waals surface area contributed by atoms with Crippen LogP contribution in [0.1, 0.15) is 11.4 Å². The minimum Gasteiger partial charge on any atom is -0.443 e. The summed E-state index contributed by atoms with van der Waals surface area (Å²) in [5, 5.41) is 5.46. The summed E-state index contributed by atoms with van der Waals surface area (Å²) in [5.74, 6) is 0. The van der Waals surface area contributed by atoms with Crippen LogP contribution in [-0.2, 0) is 29.7 Å². The highest BCUT2D eigenvalue weighted by molar-refractivity contribution is 7.98. The van der Waals surface area contributed by atoms with Gasteiger partial charge in [-0.3, -0.25) is 0 Å². The molecule has 0 saturated carbocycles. The highest BCUT2D eigenvalue weighted by Crippen LogP contribution is 2.20. The third-order valence-corrected chi connectivity index (χ3v) is 3.26. The van der Waals surface area contributed by atoms with Crippen LogP contribution in [-0.4, -0.2) is 42.1 Å². The molecule has 1 aromatic rings. The quantitative estimate of drug-likeness (QED) is 0.783. The Morgan fingerprint density at radius 3 is 2.25 bits per heavy atom. The lowest BCUT2D eigenvalue weighted by molar-refractivity contribution is 0.131. The molecule has 9 heteroatoms. The van der Waals surface area contributed by atoms with Crippen LogP contribution in [0.5, 0.6) is 0 Å². The van der Waals surface area contributed by atoms with Gasteiger partial charge in [0.05, 0.1) is 5.69 Å². The Hall–Kier alpha value is -1.90. The zero-order valence-electron chi connectivity index (χ0n) is 11.8. The van der Waals surface area contributed by atoms with Gasteiger partial charge in [-0.25, -0.2) is 14.6 Å². The molecule has 0 radical (unpaired) electrons. The molecule has 0 aliphatic carbocycles. The van der Waals surface area contributed by atoms with Crippen molar-refractivity contribution in [2.75, 3.05) is 20.4 Å². The van der Waals surface area contributed by atoms with Crippen molar-refractivity contribution in [2.24, 2.45) is 7.05 Å². The van der Waals surface area contributed by atoms with E-state index in [0.29, 0.717) is 11.4 Å². The Balaban J connectivity index is 2.85.